The summed E-state index contributed by atoms with van der Waals surface area (Å²) >= 11 is 5.81. The highest BCUT2D eigenvalue weighted by Crippen LogP contribution is 2.19. The largest absolute Gasteiger partial charge is 0.516 e. The van der Waals surface area contributed by atoms with E-state index in [0.29, 0.717) is 12.0 Å². The molecule has 1 rings (SSSR count). The highest BCUT2D eigenvalue weighted by molar-refractivity contribution is 6.31. The number of urea groups is 1. The van der Waals surface area contributed by atoms with Crippen molar-refractivity contribution in [3.05, 3.63) is 46.9 Å². The van der Waals surface area contributed by atoms with Crippen LogP contribution >= 0.6 is 11.6 Å². The number of hydrogen-bond donors (Lipinski definition) is 2. The highest BCUT2D eigenvalue weighted by Gasteiger charge is 2.15. The van der Waals surface area contributed by atoms with E-state index in [1.54, 1.807) is 25.3 Å². The average Bonchev–Trinajstić information content (AvgIpc) is 2.45. The SMILES string of the molecule is C[C@@H](CC=CO)N(C)C(=O)NCc1cccc(F)c1Cl. The molecule has 0 radical (unpaired) electrons. The highest BCUT2D eigenvalue weighted by atomic mass is 35.5. The number of nitrogens with zero attached hydrogens (tertiary/aromatic N) is 1. The van der Waals surface area contributed by atoms with E-state index in [9.17, 15) is 9.18 Å². The molecule has 0 unspecified atom stereocenters. The van der Waals surface area contributed by atoms with Crippen LogP contribution in [0.4, 0.5) is 9.18 Å². The Kier molecular flexibility index (Phi) is 6.31. The number of aliphatic hydroxyl groups is 1. The molecule has 110 valence electrons. The van der Waals surface area contributed by atoms with Crippen molar-refractivity contribution in [2.24, 2.45) is 0 Å². The molecule has 6 heteroatoms. The van der Waals surface area contributed by atoms with Crippen LogP contribution in [0.15, 0.2) is 30.5 Å². The second-order valence-electron chi connectivity index (χ2n) is 4.45. The van der Waals surface area contributed by atoms with Crippen LogP contribution in [0.25, 0.3) is 0 Å². The first-order valence-electron chi connectivity index (χ1n) is 6.20. The molecule has 0 fully saturated rings. The standard InChI is InChI=1S/C14H18ClFN2O2/c1-10(5-4-8-19)18(2)14(20)17-9-11-6-3-7-12(16)13(11)15/h3-4,6-8,10,19H,5,9H2,1-2H3,(H,17,20)/t10-/m0/s1. The Labute approximate surface area is 122 Å². The topological polar surface area (TPSA) is 52.6 Å². The number of carbonyl (C=O) groups excluding carboxylic acids is 1. The lowest BCUT2D eigenvalue weighted by atomic mass is 10.2. The van der Waals surface area contributed by atoms with Crippen molar-refractivity contribution in [1.29, 1.82) is 0 Å². The van der Waals surface area contributed by atoms with Crippen LogP contribution in [0.5, 0.6) is 0 Å². The van der Waals surface area contributed by atoms with Crippen molar-refractivity contribution in [2.45, 2.75) is 25.9 Å². The molecule has 20 heavy (non-hydrogen) atoms. The maximum absolute atomic E-state index is 13.2. The average molecular weight is 301 g/mol. The fraction of sp³-hybridized carbons (Fsp3) is 0.357. The molecule has 0 heterocycles. The van der Waals surface area contributed by atoms with Crippen LogP contribution in [-0.2, 0) is 6.54 Å². The van der Waals surface area contributed by atoms with Gasteiger partial charge in [0.15, 0.2) is 0 Å². The van der Waals surface area contributed by atoms with Crippen LogP contribution in [0, 0.1) is 5.82 Å². The Balaban J connectivity index is 2.56. The predicted molar refractivity (Wildman–Crippen MR) is 77.3 cm³/mol. The third-order valence-corrected chi connectivity index (χ3v) is 3.45. The van der Waals surface area contributed by atoms with Crippen molar-refractivity contribution in [3.8, 4) is 0 Å². The van der Waals surface area contributed by atoms with E-state index in [-0.39, 0.29) is 23.6 Å². The van der Waals surface area contributed by atoms with Crippen molar-refractivity contribution in [2.75, 3.05) is 7.05 Å². The number of rotatable bonds is 5. The van der Waals surface area contributed by atoms with E-state index >= 15 is 0 Å². The van der Waals surface area contributed by atoms with Crippen molar-refractivity contribution < 1.29 is 14.3 Å². The third kappa shape index (κ3) is 4.42. The first-order valence-corrected chi connectivity index (χ1v) is 6.58. The van der Waals surface area contributed by atoms with Gasteiger partial charge in [-0.15, -0.1) is 0 Å². The molecule has 2 amide bonds. The smallest absolute Gasteiger partial charge is 0.317 e. The van der Waals surface area contributed by atoms with Gasteiger partial charge in [-0.05, 0) is 31.1 Å². The molecule has 0 aliphatic carbocycles. The first kappa shape index (κ1) is 16.3. The molecule has 1 atom stereocenters. The molecule has 0 aromatic heterocycles. The van der Waals surface area contributed by atoms with Crippen molar-refractivity contribution in [3.63, 3.8) is 0 Å². The van der Waals surface area contributed by atoms with E-state index in [2.05, 4.69) is 5.32 Å². The Morgan fingerprint density at radius 1 is 1.60 bits per heavy atom. The number of aliphatic hydroxyl groups excluding tert-OH is 1. The molecule has 0 aliphatic rings. The van der Waals surface area contributed by atoms with Crippen LogP contribution < -0.4 is 5.32 Å². The minimum Gasteiger partial charge on any atom is -0.516 e. The van der Waals surface area contributed by atoms with E-state index < -0.39 is 5.82 Å². The Morgan fingerprint density at radius 3 is 2.95 bits per heavy atom. The van der Waals surface area contributed by atoms with E-state index in [1.165, 1.54) is 11.0 Å². The van der Waals surface area contributed by atoms with E-state index in [0.717, 1.165) is 6.26 Å². The summed E-state index contributed by atoms with van der Waals surface area (Å²) in [6, 6.07) is 4.11. The molecule has 4 nitrogen and oxygen atoms in total. The van der Waals surface area contributed by atoms with Gasteiger partial charge in [-0.1, -0.05) is 23.7 Å². The summed E-state index contributed by atoms with van der Waals surface area (Å²) in [4.78, 5) is 13.4. The van der Waals surface area contributed by atoms with Crippen LogP contribution in [0.2, 0.25) is 5.02 Å². The molecule has 0 spiro atoms. The number of halogens is 2. The lowest BCUT2D eigenvalue weighted by molar-refractivity contribution is 0.193. The van der Waals surface area contributed by atoms with E-state index in [4.69, 9.17) is 16.7 Å². The van der Waals surface area contributed by atoms with Gasteiger partial charge in [-0.3, -0.25) is 0 Å². The zero-order valence-corrected chi connectivity index (χ0v) is 12.2. The van der Waals surface area contributed by atoms with Crippen molar-refractivity contribution in [1.82, 2.24) is 10.2 Å². The number of carbonyl (C=O) groups is 1. The van der Waals surface area contributed by atoms with Crippen molar-refractivity contribution >= 4 is 17.6 Å². The Bertz CT molecular complexity index is 494. The monoisotopic (exact) mass is 300 g/mol. The molecule has 2 N–H and O–H groups in total. The molecule has 0 saturated carbocycles. The Morgan fingerprint density at radius 2 is 2.30 bits per heavy atom. The summed E-state index contributed by atoms with van der Waals surface area (Å²) in [6.45, 7) is 2.01. The molecule has 1 aromatic rings. The number of benzene rings is 1. The maximum Gasteiger partial charge on any atom is 0.317 e. The number of nitrogens with one attached hydrogen (secondary N) is 1. The summed E-state index contributed by atoms with van der Waals surface area (Å²) in [5, 5.41) is 11.3. The normalized spacial score (nSPS) is 12.4. The van der Waals surface area contributed by atoms with Gasteiger partial charge in [0.25, 0.3) is 0 Å². The molecule has 0 bridgehead atoms. The molecular weight excluding hydrogens is 283 g/mol. The molecule has 0 aliphatic heterocycles. The van der Waals surface area contributed by atoms with Crippen LogP contribution in [-0.4, -0.2) is 29.1 Å². The lowest BCUT2D eigenvalue weighted by Crippen LogP contribution is -2.41. The summed E-state index contributed by atoms with van der Waals surface area (Å²) in [7, 11) is 1.65. The number of amides is 2. The second kappa shape index (κ2) is 7.75. The second-order valence-corrected chi connectivity index (χ2v) is 4.83. The first-order chi connectivity index (χ1) is 9.47. The van der Waals surface area contributed by atoms with E-state index in [1.807, 2.05) is 6.92 Å². The van der Waals surface area contributed by atoms with Gasteiger partial charge in [0.2, 0.25) is 0 Å². The van der Waals surface area contributed by atoms with Gasteiger partial charge >= 0.3 is 6.03 Å². The maximum atomic E-state index is 13.2. The van der Waals surface area contributed by atoms with Gasteiger partial charge in [0, 0.05) is 19.6 Å². The summed E-state index contributed by atoms with van der Waals surface area (Å²) in [5.41, 5.74) is 0.524. The minimum absolute atomic E-state index is 0.0201. The zero-order valence-electron chi connectivity index (χ0n) is 11.4. The predicted octanol–water partition coefficient (Wildman–Crippen LogP) is 3.47. The zero-order chi connectivity index (χ0) is 15.1. The summed E-state index contributed by atoms with van der Waals surface area (Å²) in [5.74, 6) is -0.506. The van der Waals surface area contributed by atoms with Gasteiger partial charge in [0.1, 0.15) is 5.82 Å². The van der Waals surface area contributed by atoms with Gasteiger partial charge < -0.3 is 15.3 Å². The van der Waals surface area contributed by atoms with Crippen LogP contribution in [0.3, 0.4) is 0 Å². The quantitative estimate of drug-likeness (QED) is 0.818. The fourth-order valence-electron chi connectivity index (χ4n) is 1.60. The fourth-order valence-corrected chi connectivity index (χ4v) is 1.79. The summed E-state index contributed by atoms with van der Waals surface area (Å²) in [6.07, 6.45) is 3.06. The molecule has 0 saturated heterocycles. The van der Waals surface area contributed by atoms with Gasteiger partial charge in [-0.2, -0.15) is 0 Å². The van der Waals surface area contributed by atoms with Gasteiger partial charge in [-0.25, -0.2) is 9.18 Å². The van der Waals surface area contributed by atoms with Gasteiger partial charge in [0.05, 0.1) is 11.3 Å². The molecular formula is C14H18ClFN2O2. The minimum atomic E-state index is -0.506. The third-order valence-electron chi connectivity index (χ3n) is 3.03. The Hall–Kier alpha value is -1.75. The molecule has 1 aromatic carbocycles. The lowest BCUT2D eigenvalue weighted by Gasteiger charge is -2.24. The number of hydrogen-bond acceptors (Lipinski definition) is 2. The summed E-state index contributed by atoms with van der Waals surface area (Å²) < 4.78 is 13.2. The van der Waals surface area contributed by atoms with Crippen LogP contribution in [0.1, 0.15) is 18.9 Å².